The molecule has 0 spiro atoms. The predicted octanol–water partition coefficient (Wildman–Crippen LogP) is 4.75. The van der Waals surface area contributed by atoms with Crippen LogP contribution in [-0.2, 0) is 0 Å². The van der Waals surface area contributed by atoms with Crippen LogP contribution in [0, 0.1) is 12.7 Å². The van der Waals surface area contributed by atoms with Gasteiger partial charge in [0.1, 0.15) is 5.82 Å². The first-order chi connectivity index (χ1) is 12.5. The van der Waals surface area contributed by atoms with Crippen molar-refractivity contribution in [3.8, 4) is 0 Å². The van der Waals surface area contributed by atoms with Gasteiger partial charge in [0, 0.05) is 11.3 Å². The van der Waals surface area contributed by atoms with Crippen LogP contribution in [0.3, 0.4) is 0 Å². The minimum Gasteiger partial charge on any atom is -0.331 e. The third-order valence-corrected chi connectivity index (χ3v) is 4.67. The number of benzene rings is 2. The molecule has 1 heterocycles. The van der Waals surface area contributed by atoms with E-state index in [0.717, 1.165) is 11.3 Å². The van der Waals surface area contributed by atoms with E-state index in [0.29, 0.717) is 15.6 Å². The largest absolute Gasteiger partial charge is 0.331 e. The molecule has 3 rings (SSSR count). The van der Waals surface area contributed by atoms with Crippen LogP contribution < -0.4 is 10.7 Å². The third kappa shape index (κ3) is 4.65. The molecule has 3 aromatic rings. The minimum absolute atomic E-state index is 0.282. The number of rotatable bonds is 5. The number of carbonyl (C=O) groups excluding carboxylic acids is 1. The summed E-state index contributed by atoms with van der Waals surface area (Å²) in [5.41, 5.74) is 4.74. The van der Waals surface area contributed by atoms with Gasteiger partial charge in [0.05, 0.1) is 11.1 Å². The standard InChI is InChI=1S/C18H14ClFN4OS/c1-11-2-8-14(9-3-11)22-18-23-16(19)15(26-18)10-21-24-17(25)12-4-6-13(20)7-5-12/h2-10H,1H3,(H,22,23)(H,24,25)/b21-10+. The number of hydrogen-bond acceptors (Lipinski definition) is 5. The number of thiazole rings is 1. The van der Waals surface area contributed by atoms with Crippen molar-refractivity contribution in [2.24, 2.45) is 5.10 Å². The zero-order valence-electron chi connectivity index (χ0n) is 13.7. The molecule has 0 bridgehead atoms. The van der Waals surface area contributed by atoms with Crippen LogP contribution in [0.1, 0.15) is 20.8 Å². The van der Waals surface area contributed by atoms with E-state index in [9.17, 15) is 9.18 Å². The summed E-state index contributed by atoms with van der Waals surface area (Å²) in [4.78, 5) is 16.7. The van der Waals surface area contributed by atoms with Gasteiger partial charge >= 0.3 is 0 Å². The lowest BCUT2D eigenvalue weighted by Crippen LogP contribution is -2.17. The van der Waals surface area contributed by atoms with Crippen LogP contribution in [0.15, 0.2) is 53.6 Å². The van der Waals surface area contributed by atoms with Crippen molar-refractivity contribution >= 4 is 45.9 Å². The molecule has 0 radical (unpaired) electrons. The van der Waals surface area contributed by atoms with E-state index in [1.54, 1.807) is 0 Å². The molecular weight excluding hydrogens is 375 g/mol. The molecule has 0 aliphatic rings. The maximum Gasteiger partial charge on any atom is 0.271 e. The van der Waals surface area contributed by atoms with Crippen molar-refractivity contribution in [1.82, 2.24) is 10.4 Å². The molecule has 132 valence electrons. The highest BCUT2D eigenvalue weighted by molar-refractivity contribution is 7.17. The molecule has 26 heavy (non-hydrogen) atoms. The normalized spacial score (nSPS) is 10.9. The topological polar surface area (TPSA) is 66.4 Å². The number of carbonyl (C=O) groups is 1. The molecule has 0 fully saturated rings. The Hall–Kier alpha value is -2.77. The quantitative estimate of drug-likeness (QED) is 0.489. The Morgan fingerprint density at radius 2 is 1.88 bits per heavy atom. The molecule has 0 saturated carbocycles. The van der Waals surface area contributed by atoms with E-state index in [2.05, 4.69) is 20.8 Å². The highest BCUT2D eigenvalue weighted by Crippen LogP contribution is 2.28. The maximum absolute atomic E-state index is 12.9. The maximum atomic E-state index is 12.9. The number of halogens is 2. The van der Waals surface area contributed by atoms with Gasteiger partial charge < -0.3 is 5.32 Å². The highest BCUT2D eigenvalue weighted by atomic mass is 35.5. The monoisotopic (exact) mass is 388 g/mol. The van der Waals surface area contributed by atoms with Gasteiger partial charge in [0.15, 0.2) is 10.3 Å². The lowest BCUT2D eigenvalue weighted by atomic mass is 10.2. The molecule has 5 nitrogen and oxygen atoms in total. The second-order valence-corrected chi connectivity index (χ2v) is 6.76. The van der Waals surface area contributed by atoms with Gasteiger partial charge in [-0.05, 0) is 43.3 Å². The lowest BCUT2D eigenvalue weighted by Gasteiger charge is -2.01. The third-order valence-electron chi connectivity index (χ3n) is 3.37. The summed E-state index contributed by atoms with van der Waals surface area (Å²) in [5, 5.41) is 7.93. The van der Waals surface area contributed by atoms with Crippen LogP contribution in [0.4, 0.5) is 15.2 Å². The summed E-state index contributed by atoms with van der Waals surface area (Å²) < 4.78 is 12.9. The molecule has 0 aliphatic carbocycles. The first-order valence-corrected chi connectivity index (χ1v) is 8.80. The van der Waals surface area contributed by atoms with Crippen LogP contribution in [0.25, 0.3) is 0 Å². The SMILES string of the molecule is Cc1ccc(Nc2nc(Cl)c(/C=N/NC(=O)c3ccc(F)cc3)s2)cc1. The number of hydrazone groups is 1. The average Bonchev–Trinajstić information content (AvgIpc) is 2.97. The van der Waals surface area contributed by atoms with E-state index < -0.39 is 11.7 Å². The second-order valence-electron chi connectivity index (χ2n) is 5.37. The molecule has 8 heteroatoms. The van der Waals surface area contributed by atoms with Gasteiger partial charge in [-0.2, -0.15) is 5.10 Å². The van der Waals surface area contributed by atoms with Crippen molar-refractivity contribution in [1.29, 1.82) is 0 Å². The van der Waals surface area contributed by atoms with E-state index in [-0.39, 0.29) is 5.15 Å². The Bertz CT molecular complexity index is 939. The van der Waals surface area contributed by atoms with E-state index in [4.69, 9.17) is 11.6 Å². The fourth-order valence-corrected chi connectivity index (χ4v) is 3.07. The van der Waals surface area contributed by atoms with E-state index >= 15 is 0 Å². The second kappa shape index (κ2) is 8.07. The van der Waals surface area contributed by atoms with Gasteiger partial charge in [0.25, 0.3) is 5.91 Å². The molecular formula is C18H14ClFN4OS. The number of amides is 1. The van der Waals surface area contributed by atoms with Crippen molar-refractivity contribution in [2.45, 2.75) is 6.92 Å². The van der Waals surface area contributed by atoms with Crippen LogP contribution in [0.5, 0.6) is 0 Å². The highest BCUT2D eigenvalue weighted by Gasteiger charge is 2.08. The predicted molar refractivity (Wildman–Crippen MR) is 103 cm³/mol. The summed E-state index contributed by atoms with van der Waals surface area (Å²) in [6, 6.07) is 13.1. The van der Waals surface area contributed by atoms with E-state index in [1.165, 1.54) is 41.8 Å². The Labute approximate surface area is 158 Å². The Kier molecular flexibility index (Phi) is 5.60. The molecule has 0 aliphatic heterocycles. The zero-order valence-corrected chi connectivity index (χ0v) is 15.2. The Morgan fingerprint density at radius 1 is 1.19 bits per heavy atom. The number of aryl methyl sites for hydroxylation is 1. The smallest absolute Gasteiger partial charge is 0.271 e. The Morgan fingerprint density at radius 3 is 2.58 bits per heavy atom. The van der Waals surface area contributed by atoms with Gasteiger partial charge in [-0.3, -0.25) is 4.79 Å². The molecule has 1 aromatic heterocycles. The zero-order chi connectivity index (χ0) is 18.5. The number of anilines is 2. The van der Waals surface area contributed by atoms with Crippen molar-refractivity contribution in [3.05, 3.63) is 75.5 Å². The summed E-state index contributed by atoms with van der Waals surface area (Å²) in [5.74, 6) is -0.852. The van der Waals surface area contributed by atoms with Crippen molar-refractivity contribution in [3.63, 3.8) is 0 Å². The van der Waals surface area contributed by atoms with E-state index in [1.807, 2.05) is 31.2 Å². The van der Waals surface area contributed by atoms with Gasteiger partial charge in [-0.25, -0.2) is 14.8 Å². The fraction of sp³-hybridized carbons (Fsp3) is 0.0556. The van der Waals surface area contributed by atoms with Crippen LogP contribution in [0.2, 0.25) is 5.15 Å². The lowest BCUT2D eigenvalue weighted by molar-refractivity contribution is 0.0955. The minimum atomic E-state index is -0.445. The summed E-state index contributed by atoms with van der Waals surface area (Å²) in [7, 11) is 0. The van der Waals surface area contributed by atoms with Crippen LogP contribution >= 0.6 is 22.9 Å². The van der Waals surface area contributed by atoms with Gasteiger partial charge in [-0.1, -0.05) is 40.6 Å². The molecule has 2 N–H and O–H groups in total. The van der Waals surface area contributed by atoms with Crippen molar-refractivity contribution in [2.75, 3.05) is 5.32 Å². The number of nitrogens with zero attached hydrogens (tertiary/aromatic N) is 2. The number of aromatic nitrogens is 1. The van der Waals surface area contributed by atoms with Crippen molar-refractivity contribution < 1.29 is 9.18 Å². The molecule has 0 atom stereocenters. The van der Waals surface area contributed by atoms with Gasteiger partial charge in [-0.15, -0.1) is 0 Å². The fourth-order valence-electron chi connectivity index (χ4n) is 2.02. The van der Waals surface area contributed by atoms with Gasteiger partial charge in [0.2, 0.25) is 0 Å². The summed E-state index contributed by atoms with van der Waals surface area (Å²) in [6.07, 6.45) is 1.42. The molecule has 0 unspecified atom stereocenters. The molecule has 0 saturated heterocycles. The molecule has 2 aromatic carbocycles. The average molecular weight is 389 g/mol. The first-order valence-electron chi connectivity index (χ1n) is 7.60. The first kappa shape index (κ1) is 18.0. The summed E-state index contributed by atoms with van der Waals surface area (Å²) >= 11 is 7.40. The Balaban J connectivity index is 1.63. The summed E-state index contributed by atoms with van der Waals surface area (Å²) in [6.45, 7) is 2.01. The van der Waals surface area contributed by atoms with Crippen LogP contribution in [-0.4, -0.2) is 17.1 Å². The molecule has 1 amide bonds. The number of nitrogens with one attached hydrogen (secondary N) is 2. The number of hydrogen-bond donors (Lipinski definition) is 2.